The van der Waals surface area contributed by atoms with Crippen molar-refractivity contribution in [1.29, 1.82) is 0 Å². The maximum atomic E-state index is 5.06. The number of aromatic nitrogens is 2. The van der Waals surface area contributed by atoms with Gasteiger partial charge in [0.15, 0.2) is 0 Å². The molecule has 0 spiro atoms. The fourth-order valence-electron chi connectivity index (χ4n) is 1.95. The lowest BCUT2D eigenvalue weighted by Crippen LogP contribution is -2.19. The van der Waals surface area contributed by atoms with E-state index in [1.165, 1.54) is 11.3 Å². The van der Waals surface area contributed by atoms with E-state index < -0.39 is 0 Å². The van der Waals surface area contributed by atoms with E-state index in [1.807, 2.05) is 0 Å². The highest BCUT2D eigenvalue weighted by Gasteiger charge is 2.10. The molecule has 0 aliphatic rings. The van der Waals surface area contributed by atoms with Crippen LogP contribution >= 0.6 is 0 Å². The van der Waals surface area contributed by atoms with E-state index in [0.717, 1.165) is 45.0 Å². The topological polar surface area (TPSA) is 48.3 Å². The first kappa shape index (κ1) is 15.1. The minimum atomic E-state index is 0.736. The number of hydrogen-bond donors (Lipinski definition) is 1. The maximum absolute atomic E-state index is 5.06. The fraction of sp³-hybridized carbons (Fsp3) is 0.769. The molecule has 1 N–H and O–H groups in total. The summed E-state index contributed by atoms with van der Waals surface area (Å²) in [5.41, 5.74) is 3.65. The molecule has 0 aliphatic heterocycles. The van der Waals surface area contributed by atoms with Crippen LogP contribution in [0.2, 0.25) is 0 Å². The Labute approximate surface area is 109 Å². The number of hydrogen-bond acceptors (Lipinski definition) is 4. The lowest BCUT2D eigenvalue weighted by Gasteiger charge is -2.06. The zero-order chi connectivity index (χ0) is 13.4. The van der Waals surface area contributed by atoms with E-state index in [0.29, 0.717) is 0 Å². The summed E-state index contributed by atoms with van der Waals surface area (Å²) in [5, 5.41) is 7.93. The third kappa shape index (κ3) is 4.40. The summed E-state index contributed by atoms with van der Waals surface area (Å²) in [4.78, 5) is 0. The van der Waals surface area contributed by atoms with Gasteiger partial charge in [0.25, 0.3) is 0 Å². The van der Waals surface area contributed by atoms with Gasteiger partial charge in [0.1, 0.15) is 0 Å². The first-order chi connectivity index (χ1) is 8.70. The summed E-state index contributed by atoms with van der Waals surface area (Å²) in [7, 11) is 3.44. The van der Waals surface area contributed by atoms with E-state index >= 15 is 0 Å². The van der Waals surface area contributed by atoms with Crippen LogP contribution < -0.4 is 5.32 Å². The molecular weight excluding hydrogens is 230 g/mol. The van der Waals surface area contributed by atoms with Gasteiger partial charge in [-0.05, 0) is 20.3 Å². The molecule has 5 heteroatoms. The van der Waals surface area contributed by atoms with Gasteiger partial charge in [0, 0.05) is 51.7 Å². The molecule has 0 radical (unpaired) electrons. The first-order valence-corrected chi connectivity index (χ1v) is 6.42. The highest BCUT2D eigenvalue weighted by Crippen LogP contribution is 2.13. The van der Waals surface area contributed by atoms with Crippen LogP contribution in [0.5, 0.6) is 0 Å². The van der Waals surface area contributed by atoms with Crippen molar-refractivity contribution in [2.24, 2.45) is 0 Å². The molecule has 1 heterocycles. The van der Waals surface area contributed by atoms with Crippen LogP contribution in [0.15, 0.2) is 0 Å². The van der Waals surface area contributed by atoms with Crippen LogP contribution in [-0.2, 0) is 22.6 Å². The van der Waals surface area contributed by atoms with Crippen LogP contribution in [0, 0.1) is 13.8 Å². The number of aryl methyl sites for hydroxylation is 2. The van der Waals surface area contributed by atoms with Crippen LogP contribution in [-0.4, -0.2) is 43.8 Å². The summed E-state index contributed by atoms with van der Waals surface area (Å²) >= 11 is 0. The molecule has 0 amide bonds. The zero-order valence-electron chi connectivity index (χ0n) is 12.0. The highest BCUT2D eigenvalue weighted by atomic mass is 16.5. The molecule has 104 valence electrons. The molecule has 5 nitrogen and oxygen atoms in total. The third-order valence-corrected chi connectivity index (χ3v) is 3.03. The molecule has 0 saturated carbocycles. The molecule has 1 aromatic rings. The number of rotatable bonds is 9. The Hall–Kier alpha value is -0.910. The van der Waals surface area contributed by atoms with Crippen molar-refractivity contribution in [3.8, 4) is 0 Å². The Bertz CT molecular complexity index is 350. The summed E-state index contributed by atoms with van der Waals surface area (Å²) in [6.07, 6.45) is 0.995. The van der Waals surface area contributed by atoms with Gasteiger partial charge < -0.3 is 14.8 Å². The zero-order valence-corrected chi connectivity index (χ0v) is 12.0. The molecule has 1 aromatic heterocycles. The van der Waals surface area contributed by atoms with E-state index in [2.05, 4.69) is 28.9 Å². The van der Waals surface area contributed by atoms with Crippen molar-refractivity contribution >= 4 is 0 Å². The van der Waals surface area contributed by atoms with E-state index in [-0.39, 0.29) is 0 Å². The Morgan fingerprint density at radius 1 is 1.17 bits per heavy atom. The summed E-state index contributed by atoms with van der Waals surface area (Å²) in [5.74, 6) is 0. The van der Waals surface area contributed by atoms with Gasteiger partial charge in [-0.25, -0.2) is 0 Å². The van der Waals surface area contributed by atoms with E-state index in [9.17, 15) is 0 Å². The molecule has 1 rings (SSSR count). The Kier molecular flexibility index (Phi) is 6.93. The summed E-state index contributed by atoms with van der Waals surface area (Å²) in [6.45, 7) is 8.33. The lowest BCUT2D eigenvalue weighted by molar-refractivity contribution is 0.188. The molecule has 0 atom stereocenters. The largest absolute Gasteiger partial charge is 0.385 e. The van der Waals surface area contributed by atoms with Gasteiger partial charge in [-0.2, -0.15) is 5.10 Å². The predicted molar refractivity (Wildman–Crippen MR) is 71.8 cm³/mol. The molecule has 18 heavy (non-hydrogen) atoms. The second-order valence-electron chi connectivity index (χ2n) is 4.39. The molecule has 0 saturated heterocycles. The predicted octanol–water partition coefficient (Wildman–Crippen LogP) is 1.27. The van der Waals surface area contributed by atoms with E-state index in [4.69, 9.17) is 9.47 Å². The maximum Gasteiger partial charge on any atom is 0.0641 e. The van der Waals surface area contributed by atoms with Gasteiger partial charge in [0.2, 0.25) is 0 Å². The van der Waals surface area contributed by atoms with Crippen molar-refractivity contribution in [3.63, 3.8) is 0 Å². The molecule has 0 aliphatic carbocycles. The normalized spacial score (nSPS) is 11.1. The molecular formula is C13H25N3O2. The quantitative estimate of drug-likeness (QED) is 0.675. The van der Waals surface area contributed by atoms with Gasteiger partial charge >= 0.3 is 0 Å². The van der Waals surface area contributed by atoms with Crippen molar-refractivity contribution in [2.75, 3.05) is 34.0 Å². The molecule has 0 unspecified atom stereocenters. The van der Waals surface area contributed by atoms with Crippen LogP contribution in [0.1, 0.15) is 23.4 Å². The third-order valence-electron chi connectivity index (χ3n) is 3.03. The van der Waals surface area contributed by atoms with E-state index in [1.54, 1.807) is 14.2 Å². The number of methoxy groups -OCH3 is 2. The van der Waals surface area contributed by atoms with Crippen molar-refractivity contribution in [1.82, 2.24) is 15.1 Å². The number of nitrogens with zero attached hydrogens (tertiary/aromatic N) is 2. The minimum Gasteiger partial charge on any atom is -0.385 e. The number of nitrogens with one attached hydrogen (secondary N) is 1. The van der Waals surface area contributed by atoms with Crippen LogP contribution in [0.4, 0.5) is 0 Å². The molecule has 0 bridgehead atoms. The molecule has 0 fully saturated rings. The fourth-order valence-corrected chi connectivity index (χ4v) is 1.95. The highest BCUT2D eigenvalue weighted by molar-refractivity contribution is 5.24. The van der Waals surface area contributed by atoms with Crippen LogP contribution in [0.3, 0.4) is 0 Å². The number of ether oxygens (including phenoxy) is 2. The van der Waals surface area contributed by atoms with Crippen molar-refractivity contribution < 1.29 is 9.47 Å². The van der Waals surface area contributed by atoms with Crippen molar-refractivity contribution in [3.05, 3.63) is 17.0 Å². The average molecular weight is 255 g/mol. The lowest BCUT2D eigenvalue weighted by atomic mass is 10.2. The second-order valence-corrected chi connectivity index (χ2v) is 4.39. The minimum absolute atomic E-state index is 0.736. The molecule has 0 aromatic carbocycles. The van der Waals surface area contributed by atoms with Gasteiger partial charge in [-0.1, -0.05) is 0 Å². The van der Waals surface area contributed by atoms with Crippen molar-refractivity contribution in [2.45, 2.75) is 33.4 Å². The Balaban J connectivity index is 2.51. The first-order valence-electron chi connectivity index (χ1n) is 6.42. The van der Waals surface area contributed by atoms with Gasteiger partial charge in [-0.15, -0.1) is 0 Å². The second kappa shape index (κ2) is 8.24. The van der Waals surface area contributed by atoms with Gasteiger partial charge in [-0.3, -0.25) is 4.68 Å². The monoisotopic (exact) mass is 255 g/mol. The summed E-state index contributed by atoms with van der Waals surface area (Å²) in [6, 6.07) is 0. The van der Waals surface area contributed by atoms with Crippen LogP contribution in [0.25, 0.3) is 0 Å². The SMILES string of the molecule is COCCCn1nc(C)c(CNCCOC)c1C. The Morgan fingerprint density at radius 2 is 1.89 bits per heavy atom. The smallest absolute Gasteiger partial charge is 0.0641 e. The average Bonchev–Trinajstić information content (AvgIpc) is 2.62. The standard InChI is InChI=1S/C13H25N3O2/c1-11-13(10-14-6-9-18-4)12(2)16(15-11)7-5-8-17-3/h14H,5-10H2,1-4H3. The summed E-state index contributed by atoms with van der Waals surface area (Å²) < 4.78 is 12.1. The van der Waals surface area contributed by atoms with Gasteiger partial charge in [0.05, 0.1) is 12.3 Å². The Morgan fingerprint density at radius 3 is 2.56 bits per heavy atom.